The molecule has 0 bridgehead atoms. The molecule has 0 spiro atoms. The van der Waals surface area contributed by atoms with Crippen molar-refractivity contribution in [3.05, 3.63) is 77.7 Å². The Morgan fingerprint density at radius 3 is 2.54 bits per heavy atom. The van der Waals surface area contributed by atoms with Crippen molar-refractivity contribution >= 4 is 5.91 Å². The van der Waals surface area contributed by atoms with Gasteiger partial charge in [-0.25, -0.2) is 15.5 Å². The highest BCUT2D eigenvalue weighted by Gasteiger charge is 2.03. The van der Waals surface area contributed by atoms with Crippen LogP contribution in [0.15, 0.2) is 60.9 Å². The first kappa shape index (κ1) is 15.9. The van der Waals surface area contributed by atoms with Crippen molar-refractivity contribution in [3.8, 4) is 5.82 Å². The Kier molecular flexibility index (Phi) is 4.98. The average Bonchev–Trinajstić information content (AvgIpc) is 3.16. The normalized spacial score (nSPS) is 10.5. The van der Waals surface area contributed by atoms with Gasteiger partial charge in [0.05, 0.1) is 6.42 Å². The number of carbonyl (C=O) groups excluding carboxylic acids is 1. The monoisotopic (exact) mass is 321 g/mol. The highest BCUT2D eigenvalue weighted by Crippen LogP contribution is 2.10. The van der Waals surface area contributed by atoms with E-state index in [1.807, 2.05) is 54.7 Å². The molecule has 2 heterocycles. The van der Waals surface area contributed by atoms with Crippen LogP contribution in [0.2, 0.25) is 0 Å². The summed E-state index contributed by atoms with van der Waals surface area (Å²) in [5, 5.41) is 4.20. The lowest BCUT2D eigenvalue weighted by Gasteiger charge is -2.06. The molecular formula is C18H19N5O. The molecule has 3 aromatic rings. The summed E-state index contributed by atoms with van der Waals surface area (Å²) in [4.78, 5) is 15.9. The Bertz CT molecular complexity index is 797. The number of nitrogens with zero attached hydrogens (tertiary/aromatic N) is 3. The van der Waals surface area contributed by atoms with Gasteiger partial charge in [-0.1, -0.05) is 30.3 Å². The van der Waals surface area contributed by atoms with Crippen LogP contribution < -0.4 is 11.3 Å². The third kappa shape index (κ3) is 4.05. The molecule has 0 atom stereocenters. The number of nitrogens with one attached hydrogen (secondary N) is 1. The minimum atomic E-state index is -0.192. The van der Waals surface area contributed by atoms with Crippen molar-refractivity contribution in [2.24, 2.45) is 5.84 Å². The van der Waals surface area contributed by atoms with Gasteiger partial charge in [-0.2, -0.15) is 5.10 Å². The van der Waals surface area contributed by atoms with Crippen molar-refractivity contribution in [2.45, 2.75) is 19.3 Å². The topological polar surface area (TPSA) is 85.8 Å². The summed E-state index contributed by atoms with van der Waals surface area (Å²) in [6, 6.07) is 15.8. The van der Waals surface area contributed by atoms with Crippen molar-refractivity contribution < 1.29 is 4.79 Å². The molecule has 1 aromatic carbocycles. The number of hydrogen-bond acceptors (Lipinski definition) is 4. The molecule has 6 nitrogen and oxygen atoms in total. The number of pyridine rings is 1. The van der Waals surface area contributed by atoms with Crippen LogP contribution in [-0.4, -0.2) is 20.7 Å². The Morgan fingerprint density at radius 1 is 1.04 bits per heavy atom. The second kappa shape index (κ2) is 7.52. The quantitative estimate of drug-likeness (QED) is 0.410. The van der Waals surface area contributed by atoms with Gasteiger partial charge in [0, 0.05) is 18.1 Å². The van der Waals surface area contributed by atoms with Gasteiger partial charge in [-0.15, -0.1) is 0 Å². The SMILES string of the molecule is NNC(=O)Cc1ccc(CCc2cccc(-n3cccn3)n2)cc1. The zero-order chi connectivity index (χ0) is 16.8. The number of rotatable bonds is 6. The van der Waals surface area contributed by atoms with E-state index in [4.69, 9.17) is 5.84 Å². The lowest BCUT2D eigenvalue weighted by Crippen LogP contribution is -2.31. The maximum atomic E-state index is 11.3. The molecule has 6 heteroatoms. The molecule has 0 fully saturated rings. The third-order valence-corrected chi connectivity index (χ3v) is 3.75. The van der Waals surface area contributed by atoms with E-state index in [-0.39, 0.29) is 5.91 Å². The zero-order valence-electron chi connectivity index (χ0n) is 13.2. The summed E-state index contributed by atoms with van der Waals surface area (Å²) in [5.41, 5.74) is 5.31. The van der Waals surface area contributed by atoms with Crippen LogP contribution in [0.5, 0.6) is 0 Å². The van der Waals surface area contributed by atoms with E-state index in [0.29, 0.717) is 6.42 Å². The molecule has 3 rings (SSSR count). The first-order chi connectivity index (χ1) is 11.7. The van der Waals surface area contributed by atoms with Crippen molar-refractivity contribution in [1.29, 1.82) is 0 Å². The summed E-state index contributed by atoms with van der Waals surface area (Å²) in [5.74, 6) is 5.72. The Labute approximate surface area is 140 Å². The number of aryl methyl sites for hydroxylation is 2. The van der Waals surface area contributed by atoms with Gasteiger partial charge in [0.15, 0.2) is 5.82 Å². The van der Waals surface area contributed by atoms with E-state index in [0.717, 1.165) is 29.9 Å². The maximum absolute atomic E-state index is 11.3. The predicted molar refractivity (Wildman–Crippen MR) is 91.2 cm³/mol. The van der Waals surface area contributed by atoms with E-state index < -0.39 is 0 Å². The lowest BCUT2D eigenvalue weighted by atomic mass is 10.0. The Morgan fingerprint density at radius 2 is 1.83 bits per heavy atom. The molecule has 24 heavy (non-hydrogen) atoms. The third-order valence-electron chi connectivity index (χ3n) is 3.75. The van der Waals surface area contributed by atoms with Crippen LogP contribution in [0.3, 0.4) is 0 Å². The highest BCUT2D eigenvalue weighted by molar-refractivity contribution is 5.77. The number of amides is 1. The summed E-state index contributed by atoms with van der Waals surface area (Å²) in [6.07, 6.45) is 5.64. The average molecular weight is 321 g/mol. The molecular weight excluding hydrogens is 302 g/mol. The first-order valence-electron chi connectivity index (χ1n) is 7.78. The summed E-state index contributed by atoms with van der Waals surface area (Å²) < 4.78 is 1.75. The summed E-state index contributed by atoms with van der Waals surface area (Å²) in [7, 11) is 0. The molecule has 0 aliphatic carbocycles. The fourth-order valence-corrected chi connectivity index (χ4v) is 2.47. The molecule has 3 N–H and O–H groups in total. The van der Waals surface area contributed by atoms with E-state index in [9.17, 15) is 4.79 Å². The highest BCUT2D eigenvalue weighted by atomic mass is 16.2. The van der Waals surface area contributed by atoms with E-state index in [1.54, 1.807) is 10.9 Å². The van der Waals surface area contributed by atoms with Gasteiger partial charge in [-0.3, -0.25) is 10.2 Å². The van der Waals surface area contributed by atoms with Crippen molar-refractivity contribution in [1.82, 2.24) is 20.2 Å². The summed E-state index contributed by atoms with van der Waals surface area (Å²) in [6.45, 7) is 0. The van der Waals surface area contributed by atoms with Gasteiger partial charge in [0.25, 0.3) is 0 Å². The molecule has 0 radical (unpaired) electrons. The zero-order valence-corrected chi connectivity index (χ0v) is 13.2. The minimum absolute atomic E-state index is 0.192. The number of aromatic nitrogens is 3. The maximum Gasteiger partial charge on any atom is 0.238 e. The molecule has 1 amide bonds. The van der Waals surface area contributed by atoms with E-state index >= 15 is 0 Å². The number of hydrazine groups is 1. The standard InChI is InChI=1S/C18H19N5O/c19-22-18(24)13-15-7-5-14(6-8-15)9-10-16-3-1-4-17(21-16)23-12-2-11-20-23/h1-8,11-12H,9-10,13,19H2,(H,22,24). The van der Waals surface area contributed by atoms with Crippen LogP contribution in [0.25, 0.3) is 5.82 Å². The van der Waals surface area contributed by atoms with Crippen molar-refractivity contribution in [3.63, 3.8) is 0 Å². The molecule has 2 aromatic heterocycles. The predicted octanol–water partition coefficient (Wildman–Crippen LogP) is 1.58. The second-order valence-corrected chi connectivity index (χ2v) is 5.50. The van der Waals surface area contributed by atoms with Gasteiger partial charge in [0.2, 0.25) is 5.91 Å². The Balaban J connectivity index is 1.61. The first-order valence-corrected chi connectivity index (χ1v) is 7.78. The molecule has 0 unspecified atom stereocenters. The lowest BCUT2D eigenvalue weighted by molar-refractivity contribution is -0.120. The number of nitrogens with two attached hydrogens (primary N) is 1. The van der Waals surface area contributed by atoms with Crippen LogP contribution in [0, 0.1) is 0 Å². The second-order valence-electron chi connectivity index (χ2n) is 5.50. The largest absolute Gasteiger partial charge is 0.294 e. The van der Waals surface area contributed by atoms with Gasteiger partial charge < -0.3 is 0 Å². The molecule has 0 aliphatic rings. The van der Waals surface area contributed by atoms with Crippen LogP contribution in [0.4, 0.5) is 0 Å². The number of benzene rings is 1. The minimum Gasteiger partial charge on any atom is -0.294 e. The summed E-state index contributed by atoms with van der Waals surface area (Å²) >= 11 is 0. The number of carbonyl (C=O) groups is 1. The van der Waals surface area contributed by atoms with Crippen LogP contribution in [-0.2, 0) is 24.1 Å². The molecule has 0 aliphatic heterocycles. The van der Waals surface area contributed by atoms with Gasteiger partial charge >= 0.3 is 0 Å². The number of hydrogen-bond donors (Lipinski definition) is 2. The molecule has 0 saturated heterocycles. The molecule has 122 valence electrons. The fraction of sp³-hybridized carbons (Fsp3) is 0.167. The molecule has 0 saturated carbocycles. The van der Waals surface area contributed by atoms with E-state index in [1.165, 1.54) is 5.56 Å². The van der Waals surface area contributed by atoms with E-state index in [2.05, 4.69) is 15.5 Å². The Hall–Kier alpha value is -2.99. The van der Waals surface area contributed by atoms with Crippen molar-refractivity contribution in [2.75, 3.05) is 0 Å². The fourth-order valence-electron chi connectivity index (χ4n) is 2.47. The van der Waals surface area contributed by atoms with Gasteiger partial charge in [0.1, 0.15) is 0 Å². The van der Waals surface area contributed by atoms with Gasteiger partial charge in [-0.05, 0) is 42.2 Å². The van der Waals surface area contributed by atoms with Crippen LogP contribution in [0.1, 0.15) is 16.8 Å². The smallest absolute Gasteiger partial charge is 0.238 e. The van der Waals surface area contributed by atoms with Crippen LogP contribution >= 0.6 is 0 Å².